The maximum absolute atomic E-state index is 11.8. The third-order valence-corrected chi connectivity index (χ3v) is 2.71. The van der Waals surface area contributed by atoms with Crippen molar-refractivity contribution in [2.75, 3.05) is 20.2 Å². The van der Waals surface area contributed by atoms with Crippen LogP contribution in [-0.2, 0) is 14.3 Å². The van der Waals surface area contributed by atoms with E-state index in [0.29, 0.717) is 6.54 Å². The van der Waals surface area contributed by atoms with E-state index in [0.717, 1.165) is 0 Å². The maximum atomic E-state index is 11.8. The molecule has 1 heterocycles. The average molecular weight is 259 g/mol. The van der Waals surface area contributed by atoms with Crippen LogP contribution in [0.2, 0.25) is 0 Å². The first kappa shape index (κ1) is 14.8. The van der Waals surface area contributed by atoms with Crippen molar-refractivity contribution in [3.8, 4) is 0 Å². The molecule has 1 rings (SSSR count). The SMILES string of the molecule is COC(=O)C[C@@H]1CN(C(=O)OC(C)(C)C)C[C@H]1O. The Hall–Kier alpha value is -1.30. The second-order valence-electron chi connectivity index (χ2n) is 5.49. The first-order valence-electron chi connectivity index (χ1n) is 5.95. The number of nitrogens with zero attached hydrogens (tertiary/aromatic N) is 1. The number of hydrogen-bond acceptors (Lipinski definition) is 5. The zero-order valence-corrected chi connectivity index (χ0v) is 11.3. The van der Waals surface area contributed by atoms with Crippen LogP contribution in [0.15, 0.2) is 0 Å². The fourth-order valence-corrected chi connectivity index (χ4v) is 1.83. The van der Waals surface area contributed by atoms with E-state index in [4.69, 9.17) is 4.74 Å². The van der Waals surface area contributed by atoms with Gasteiger partial charge in [-0.2, -0.15) is 0 Å². The molecule has 0 spiro atoms. The molecule has 1 aliphatic heterocycles. The topological polar surface area (TPSA) is 76.1 Å². The molecule has 1 amide bonds. The number of methoxy groups -OCH3 is 1. The third kappa shape index (κ3) is 4.18. The number of esters is 1. The van der Waals surface area contributed by atoms with Crippen molar-refractivity contribution >= 4 is 12.1 Å². The molecular weight excluding hydrogens is 238 g/mol. The van der Waals surface area contributed by atoms with Crippen LogP contribution in [0.25, 0.3) is 0 Å². The number of hydrogen-bond donors (Lipinski definition) is 1. The molecule has 1 N–H and O–H groups in total. The number of carbonyl (C=O) groups is 2. The Balaban J connectivity index is 2.53. The number of aliphatic hydroxyl groups is 1. The summed E-state index contributed by atoms with van der Waals surface area (Å²) >= 11 is 0. The van der Waals surface area contributed by atoms with Crippen molar-refractivity contribution < 1.29 is 24.2 Å². The Morgan fingerprint density at radius 2 is 1.94 bits per heavy atom. The van der Waals surface area contributed by atoms with Crippen molar-refractivity contribution in [3.63, 3.8) is 0 Å². The number of rotatable bonds is 2. The molecule has 18 heavy (non-hydrogen) atoms. The molecule has 6 heteroatoms. The van der Waals surface area contributed by atoms with Gasteiger partial charge in [-0.3, -0.25) is 4.79 Å². The van der Waals surface area contributed by atoms with E-state index < -0.39 is 17.8 Å². The van der Waals surface area contributed by atoms with Crippen molar-refractivity contribution in [1.82, 2.24) is 4.90 Å². The summed E-state index contributed by atoms with van der Waals surface area (Å²) in [5.74, 6) is -0.671. The van der Waals surface area contributed by atoms with Crippen LogP contribution in [0.3, 0.4) is 0 Å². The molecule has 1 saturated heterocycles. The highest BCUT2D eigenvalue weighted by Gasteiger charge is 2.37. The van der Waals surface area contributed by atoms with E-state index in [2.05, 4.69) is 4.74 Å². The summed E-state index contributed by atoms with van der Waals surface area (Å²) in [6.45, 7) is 5.84. The van der Waals surface area contributed by atoms with Gasteiger partial charge in [0.25, 0.3) is 0 Å². The number of ether oxygens (including phenoxy) is 2. The van der Waals surface area contributed by atoms with Crippen LogP contribution in [-0.4, -0.2) is 54.0 Å². The van der Waals surface area contributed by atoms with Gasteiger partial charge in [-0.05, 0) is 20.8 Å². The van der Waals surface area contributed by atoms with E-state index in [9.17, 15) is 14.7 Å². The smallest absolute Gasteiger partial charge is 0.410 e. The second kappa shape index (κ2) is 5.56. The fraction of sp³-hybridized carbons (Fsp3) is 0.833. The molecule has 1 aliphatic rings. The van der Waals surface area contributed by atoms with Crippen LogP contribution >= 0.6 is 0 Å². The summed E-state index contributed by atoms with van der Waals surface area (Å²) in [5.41, 5.74) is -0.567. The van der Waals surface area contributed by atoms with E-state index >= 15 is 0 Å². The quantitative estimate of drug-likeness (QED) is 0.741. The van der Waals surface area contributed by atoms with Crippen LogP contribution in [0.4, 0.5) is 4.79 Å². The first-order valence-corrected chi connectivity index (χ1v) is 5.95. The average Bonchev–Trinajstić information content (AvgIpc) is 2.58. The van der Waals surface area contributed by atoms with Gasteiger partial charge in [0.2, 0.25) is 0 Å². The molecule has 0 radical (unpaired) electrons. The summed E-state index contributed by atoms with van der Waals surface area (Å²) in [6.07, 6.45) is -1.07. The molecule has 0 aromatic heterocycles. The molecule has 1 fully saturated rings. The summed E-state index contributed by atoms with van der Waals surface area (Å²) < 4.78 is 9.76. The van der Waals surface area contributed by atoms with Crippen LogP contribution in [0, 0.1) is 5.92 Å². The minimum atomic E-state index is -0.711. The van der Waals surface area contributed by atoms with Gasteiger partial charge in [0.15, 0.2) is 0 Å². The lowest BCUT2D eigenvalue weighted by atomic mass is 10.0. The van der Waals surface area contributed by atoms with Gasteiger partial charge in [-0.1, -0.05) is 0 Å². The zero-order chi connectivity index (χ0) is 13.9. The number of aliphatic hydroxyl groups excluding tert-OH is 1. The molecule has 104 valence electrons. The van der Waals surface area contributed by atoms with Crippen molar-refractivity contribution in [2.24, 2.45) is 5.92 Å². The van der Waals surface area contributed by atoms with Gasteiger partial charge in [0, 0.05) is 12.5 Å². The van der Waals surface area contributed by atoms with Gasteiger partial charge < -0.3 is 19.5 Å². The predicted molar refractivity (Wildman–Crippen MR) is 63.9 cm³/mol. The number of β-amino-alcohol motifs (C(OH)–C–C–N with tert-alkyl or cyclic N) is 1. The number of amides is 1. The maximum Gasteiger partial charge on any atom is 0.410 e. The third-order valence-electron chi connectivity index (χ3n) is 2.71. The van der Waals surface area contributed by atoms with E-state index in [-0.39, 0.29) is 24.9 Å². The minimum absolute atomic E-state index is 0.108. The van der Waals surface area contributed by atoms with Gasteiger partial charge in [0.1, 0.15) is 5.60 Å². The van der Waals surface area contributed by atoms with E-state index in [1.165, 1.54) is 12.0 Å². The highest BCUT2D eigenvalue weighted by atomic mass is 16.6. The van der Waals surface area contributed by atoms with Gasteiger partial charge >= 0.3 is 12.1 Å². The molecule has 0 saturated carbocycles. The molecule has 0 aromatic rings. The van der Waals surface area contributed by atoms with Crippen LogP contribution in [0.5, 0.6) is 0 Å². The van der Waals surface area contributed by atoms with Crippen LogP contribution in [0.1, 0.15) is 27.2 Å². The largest absolute Gasteiger partial charge is 0.469 e. The Bertz CT molecular complexity index is 323. The lowest BCUT2D eigenvalue weighted by Crippen LogP contribution is -2.35. The molecule has 0 aliphatic carbocycles. The lowest BCUT2D eigenvalue weighted by molar-refractivity contribution is -0.142. The number of likely N-dealkylation sites (tertiary alicyclic amines) is 1. The van der Waals surface area contributed by atoms with Gasteiger partial charge in [-0.15, -0.1) is 0 Å². The Morgan fingerprint density at radius 3 is 2.44 bits per heavy atom. The summed E-state index contributed by atoms with van der Waals surface area (Å²) in [5, 5.41) is 9.79. The summed E-state index contributed by atoms with van der Waals surface area (Å²) in [6, 6.07) is 0. The minimum Gasteiger partial charge on any atom is -0.469 e. The Kier molecular flexibility index (Phi) is 4.56. The normalized spacial score (nSPS) is 23.9. The summed E-state index contributed by atoms with van der Waals surface area (Å²) in [4.78, 5) is 24.4. The van der Waals surface area contributed by atoms with E-state index in [1.54, 1.807) is 20.8 Å². The van der Waals surface area contributed by atoms with Gasteiger partial charge in [-0.25, -0.2) is 4.79 Å². The predicted octanol–water partition coefficient (Wildman–Crippen LogP) is 0.777. The molecular formula is C12H21NO5. The Labute approximate surface area is 107 Å². The van der Waals surface area contributed by atoms with Crippen molar-refractivity contribution in [3.05, 3.63) is 0 Å². The zero-order valence-electron chi connectivity index (χ0n) is 11.3. The van der Waals surface area contributed by atoms with Gasteiger partial charge in [0.05, 0.1) is 26.2 Å². The fourth-order valence-electron chi connectivity index (χ4n) is 1.83. The number of carbonyl (C=O) groups excluding carboxylic acids is 2. The van der Waals surface area contributed by atoms with Crippen molar-refractivity contribution in [1.29, 1.82) is 0 Å². The highest BCUT2D eigenvalue weighted by Crippen LogP contribution is 2.22. The highest BCUT2D eigenvalue weighted by molar-refractivity contribution is 5.71. The second-order valence-corrected chi connectivity index (χ2v) is 5.49. The van der Waals surface area contributed by atoms with Crippen LogP contribution < -0.4 is 0 Å². The molecule has 0 bridgehead atoms. The standard InChI is InChI=1S/C12H21NO5/c1-12(2,3)18-11(16)13-6-8(9(14)7-13)5-10(15)17-4/h8-9,14H,5-7H2,1-4H3/t8-,9-/m1/s1. The molecule has 0 aromatic carbocycles. The Morgan fingerprint density at radius 1 is 1.33 bits per heavy atom. The summed E-state index contributed by atoms with van der Waals surface area (Å²) in [7, 11) is 1.30. The monoisotopic (exact) mass is 259 g/mol. The molecule has 0 unspecified atom stereocenters. The molecule has 6 nitrogen and oxygen atoms in total. The van der Waals surface area contributed by atoms with Crippen molar-refractivity contribution in [2.45, 2.75) is 38.9 Å². The lowest BCUT2D eigenvalue weighted by Gasteiger charge is -2.24. The van der Waals surface area contributed by atoms with E-state index in [1.807, 2.05) is 0 Å². The molecule has 2 atom stereocenters. The first-order chi connectivity index (χ1) is 8.23.